The summed E-state index contributed by atoms with van der Waals surface area (Å²) in [7, 11) is 0. The van der Waals surface area contributed by atoms with Crippen LogP contribution in [-0.2, 0) is 6.54 Å². The van der Waals surface area contributed by atoms with Crippen molar-refractivity contribution in [1.82, 2.24) is 4.57 Å². The fourth-order valence-corrected chi connectivity index (χ4v) is 4.92. The van der Waals surface area contributed by atoms with Crippen LogP contribution < -0.4 is 0 Å². The van der Waals surface area contributed by atoms with Crippen LogP contribution in [0.3, 0.4) is 0 Å². The normalized spacial score (nSPS) is 11.8. The van der Waals surface area contributed by atoms with Crippen molar-refractivity contribution in [3.63, 3.8) is 0 Å². The van der Waals surface area contributed by atoms with Gasteiger partial charge in [0.1, 0.15) is 0 Å². The molecule has 0 N–H and O–H groups in total. The highest BCUT2D eigenvalue weighted by molar-refractivity contribution is 6.09. The van der Waals surface area contributed by atoms with Gasteiger partial charge in [0, 0.05) is 28.4 Å². The van der Waals surface area contributed by atoms with Gasteiger partial charge in [-0.15, -0.1) is 0 Å². The SMILES string of the molecule is Cc1ccc2c3ccc(C)cc3n(Cc3c4ccccc4cc4ccccc34)c2c1. The van der Waals surface area contributed by atoms with Crippen LogP contribution in [0.15, 0.2) is 91.0 Å². The second-order valence-corrected chi connectivity index (χ2v) is 8.42. The van der Waals surface area contributed by atoms with E-state index in [-0.39, 0.29) is 0 Å². The molecule has 5 aromatic carbocycles. The van der Waals surface area contributed by atoms with Gasteiger partial charge in [-0.2, -0.15) is 0 Å². The van der Waals surface area contributed by atoms with E-state index >= 15 is 0 Å². The molecule has 30 heavy (non-hydrogen) atoms. The number of hydrogen-bond acceptors (Lipinski definition) is 0. The van der Waals surface area contributed by atoms with Crippen LogP contribution in [0.2, 0.25) is 0 Å². The molecule has 0 spiro atoms. The third-order valence-corrected chi connectivity index (χ3v) is 6.38. The minimum Gasteiger partial charge on any atom is -0.336 e. The molecule has 1 nitrogen and oxygen atoms in total. The molecule has 144 valence electrons. The fraction of sp³-hybridized carbons (Fsp3) is 0.103. The maximum Gasteiger partial charge on any atom is 0.0497 e. The first kappa shape index (κ1) is 17.3. The van der Waals surface area contributed by atoms with Crippen molar-refractivity contribution in [2.75, 3.05) is 0 Å². The number of aromatic nitrogens is 1. The highest BCUT2D eigenvalue weighted by Gasteiger charge is 2.14. The van der Waals surface area contributed by atoms with Gasteiger partial charge in [-0.25, -0.2) is 0 Å². The second-order valence-electron chi connectivity index (χ2n) is 8.42. The van der Waals surface area contributed by atoms with Crippen LogP contribution in [-0.4, -0.2) is 4.57 Å². The number of fused-ring (bicyclic) bond motifs is 5. The minimum atomic E-state index is 0.856. The molecule has 6 aromatic rings. The van der Waals surface area contributed by atoms with Gasteiger partial charge in [-0.3, -0.25) is 0 Å². The predicted molar refractivity (Wildman–Crippen MR) is 129 cm³/mol. The Kier molecular flexibility index (Phi) is 3.73. The van der Waals surface area contributed by atoms with Crippen molar-refractivity contribution in [1.29, 1.82) is 0 Å². The molecule has 0 aliphatic carbocycles. The molecule has 1 heteroatoms. The molecular weight excluding hydrogens is 362 g/mol. The van der Waals surface area contributed by atoms with E-state index in [9.17, 15) is 0 Å². The monoisotopic (exact) mass is 385 g/mol. The van der Waals surface area contributed by atoms with Crippen LogP contribution in [0, 0.1) is 13.8 Å². The van der Waals surface area contributed by atoms with Crippen LogP contribution in [0.25, 0.3) is 43.4 Å². The van der Waals surface area contributed by atoms with Gasteiger partial charge in [0.2, 0.25) is 0 Å². The molecule has 1 heterocycles. The van der Waals surface area contributed by atoms with Gasteiger partial charge in [0.05, 0.1) is 0 Å². The molecule has 0 atom stereocenters. The Morgan fingerprint density at radius 3 is 1.57 bits per heavy atom. The second kappa shape index (κ2) is 6.47. The molecule has 0 amide bonds. The summed E-state index contributed by atoms with van der Waals surface area (Å²) in [5, 5.41) is 7.96. The zero-order chi connectivity index (χ0) is 20.2. The molecule has 0 saturated heterocycles. The van der Waals surface area contributed by atoms with E-state index in [1.54, 1.807) is 0 Å². The number of aryl methyl sites for hydroxylation is 2. The summed E-state index contributed by atoms with van der Waals surface area (Å²) < 4.78 is 2.51. The van der Waals surface area contributed by atoms with E-state index in [2.05, 4.69) is 109 Å². The Labute approximate surface area is 176 Å². The Morgan fingerprint density at radius 2 is 1.03 bits per heavy atom. The number of benzene rings is 5. The summed E-state index contributed by atoms with van der Waals surface area (Å²) in [4.78, 5) is 0. The molecule has 0 unspecified atom stereocenters. The quantitative estimate of drug-likeness (QED) is 0.268. The van der Waals surface area contributed by atoms with E-state index in [0.29, 0.717) is 0 Å². The smallest absolute Gasteiger partial charge is 0.0497 e. The average molecular weight is 386 g/mol. The van der Waals surface area contributed by atoms with Crippen LogP contribution >= 0.6 is 0 Å². The van der Waals surface area contributed by atoms with Crippen molar-refractivity contribution in [3.05, 3.63) is 108 Å². The largest absolute Gasteiger partial charge is 0.336 e. The van der Waals surface area contributed by atoms with E-state index in [1.807, 2.05) is 0 Å². The van der Waals surface area contributed by atoms with Crippen molar-refractivity contribution in [2.45, 2.75) is 20.4 Å². The molecule has 0 fully saturated rings. The van der Waals surface area contributed by atoms with Gasteiger partial charge in [0.15, 0.2) is 0 Å². The maximum absolute atomic E-state index is 2.51. The van der Waals surface area contributed by atoms with E-state index in [1.165, 1.54) is 60.0 Å². The number of nitrogens with zero attached hydrogens (tertiary/aromatic N) is 1. The standard InChI is InChI=1S/C29H23N/c1-19-11-13-25-26-14-12-20(2)16-29(26)30(28(25)15-19)18-27-23-9-5-3-7-21(23)17-22-8-4-6-10-24(22)27/h3-17H,18H2,1-2H3. The van der Waals surface area contributed by atoms with E-state index < -0.39 is 0 Å². The van der Waals surface area contributed by atoms with Gasteiger partial charge in [-0.05, 0) is 70.3 Å². The summed E-state index contributed by atoms with van der Waals surface area (Å²) in [5.74, 6) is 0. The van der Waals surface area contributed by atoms with Crippen LogP contribution in [0.1, 0.15) is 16.7 Å². The zero-order valence-electron chi connectivity index (χ0n) is 17.3. The third-order valence-electron chi connectivity index (χ3n) is 6.38. The Balaban J connectivity index is 1.72. The summed E-state index contributed by atoms with van der Waals surface area (Å²) >= 11 is 0. The molecule has 6 rings (SSSR count). The fourth-order valence-electron chi connectivity index (χ4n) is 4.92. The van der Waals surface area contributed by atoms with Crippen molar-refractivity contribution >= 4 is 43.4 Å². The highest BCUT2D eigenvalue weighted by Crippen LogP contribution is 2.34. The molecular formula is C29H23N. The van der Waals surface area contributed by atoms with Gasteiger partial charge < -0.3 is 4.57 Å². The van der Waals surface area contributed by atoms with Crippen LogP contribution in [0.5, 0.6) is 0 Å². The summed E-state index contributed by atoms with van der Waals surface area (Å²) in [5.41, 5.74) is 6.61. The first-order valence-electron chi connectivity index (χ1n) is 10.6. The predicted octanol–water partition coefficient (Wildman–Crippen LogP) is 7.77. The molecule has 0 saturated carbocycles. The topological polar surface area (TPSA) is 4.93 Å². The van der Waals surface area contributed by atoms with Gasteiger partial charge in [0.25, 0.3) is 0 Å². The van der Waals surface area contributed by atoms with Crippen molar-refractivity contribution in [3.8, 4) is 0 Å². The minimum absolute atomic E-state index is 0.856. The average Bonchev–Trinajstić information content (AvgIpc) is 3.05. The zero-order valence-corrected chi connectivity index (χ0v) is 17.3. The molecule has 0 aliphatic heterocycles. The lowest BCUT2D eigenvalue weighted by molar-refractivity contribution is 0.881. The van der Waals surface area contributed by atoms with E-state index in [0.717, 1.165) is 6.54 Å². The number of hydrogen-bond donors (Lipinski definition) is 0. The number of rotatable bonds is 2. The maximum atomic E-state index is 2.51. The summed E-state index contributed by atoms with van der Waals surface area (Å²) in [6, 6.07) is 33.5. The van der Waals surface area contributed by atoms with Gasteiger partial charge in [-0.1, -0.05) is 72.8 Å². The summed E-state index contributed by atoms with van der Waals surface area (Å²) in [6.07, 6.45) is 0. The van der Waals surface area contributed by atoms with Crippen molar-refractivity contribution in [2.24, 2.45) is 0 Å². The molecule has 1 aromatic heterocycles. The lowest BCUT2D eigenvalue weighted by atomic mass is 9.96. The Bertz CT molecular complexity index is 1470. The van der Waals surface area contributed by atoms with E-state index in [4.69, 9.17) is 0 Å². The molecule has 0 radical (unpaired) electrons. The third kappa shape index (κ3) is 2.55. The summed E-state index contributed by atoms with van der Waals surface area (Å²) in [6.45, 7) is 5.22. The van der Waals surface area contributed by atoms with Crippen LogP contribution in [0.4, 0.5) is 0 Å². The molecule has 0 bridgehead atoms. The Hall–Kier alpha value is -3.58. The lowest BCUT2D eigenvalue weighted by Gasteiger charge is -2.15. The van der Waals surface area contributed by atoms with Gasteiger partial charge >= 0.3 is 0 Å². The molecule has 0 aliphatic rings. The lowest BCUT2D eigenvalue weighted by Crippen LogP contribution is -2.01. The first-order chi connectivity index (χ1) is 14.7. The van der Waals surface area contributed by atoms with Crippen molar-refractivity contribution < 1.29 is 0 Å². The first-order valence-corrected chi connectivity index (χ1v) is 10.6. The highest BCUT2D eigenvalue weighted by atomic mass is 15.0. The Morgan fingerprint density at radius 1 is 0.533 bits per heavy atom.